The van der Waals surface area contributed by atoms with Gasteiger partial charge >= 0.3 is 0 Å². The lowest BCUT2D eigenvalue weighted by molar-refractivity contribution is -0.114. The van der Waals surface area contributed by atoms with Crippen LogP contribution in [0.1, 0.15) is 37.6 Å². The number of ether oxygens (including phenoxy) is 1. The molecular formula is C16H19ClN4O3S2. The van der Waals surface area contributed by atoms with Crippen molar-refractivity contribution in [3.63, 3.8) is 0 Å². The predicted molar refractivity (Wildman–Crippen MR) is 106 cm³/mol. The van der Waals surface area contributed by atoms with Gasteiger partial charge in [-0.3, -0.25) is 14.9 Å². The van der Waals surface area contributed by atoms with Gasteiger partial charge in [-0.05, 0) is 12.5 Å². The zero-order chi connectivity index (χ0) is 19.3. The van der Waals surface area contributed by atoms with Gasteiger partial charge in [-0.25, -0.2) is 0 Å². The lowest BCUT2D eigenvalue weighted by Gasteiger charge is -2.12. The molecule has 10 heteroatoms. The van der Waals surface area contributed by atoms with Gasteiger partial charge in [0.15, 0.2) is 4.34 Å². The van der Waals surface area contributed by atoms with E-state index in [4.69, 9.17) is 16.3 Å². The number of hydrogen-bond acceptors (Lipinski definition) is 7. The molecule has 0 spiro atoms. The molecular weight excluding hydrogens is 396 g/mol. The first kappa shape index (κ1) is 20.5. The van der Waals surface area contributed by atoms with Gasteiger partial charge in [0.1, 0.15) is 5.75 Å². The Hall–Kier alpha value is -1.84. The molecule has 2 aromatic rings. The minimum Gasteiger partial charge on any atom is -0.496 e. The van der Waals surface area contributed by atoms with Gasteiger partial charge in [0, 0.05) is 18.2 Å². The Kier molecular flexibility index (Phi) is 7.24. The highest BCUT2D eigenvalue weighted by atomic mass is 35.5. The van der Waals surface area contributed by atoms with E-state index in [1.807, 2.05) is 0 Å². The lowest BCUT2D eigenvalue weighted by atomic mass is 10.1. The van der Waals surface area contributed by atoms with Crippen molar-refractivity contribution in [2.24, 2.45) is 0 Å². The molecule has 2 rings (SSSR count). The third-order valence-electron chi connectivity index (χ3n) is 3.35. The van der Waals surface area contributed by atoms with Crippen LogP contribution in [0.2, 0.25) is 5.02 Å². The molecule has 140 valence electrons. The number of nitrogens with zero attached hydrogens (tertiary/aromatic N) is 2. The van der Waals surface area contributed by atoms with Crippen LogP contribution in [0.5, 0.6) is 5.75 Å². The number of carbonyl (C=O) groups excluding carboxylic acids is 2. The first-order valence-electron chi connectivity index (χ1n) is 7.80. The minimum atomic E-state index is -0.422. The summed E-state index contributed by atoms with van der Waals surface area (Å²) in [5, 5.41) is 14.4. The topological polar surface area (TPSA) is 93.2 Å². The standard InChI is InChI=1S/C16H19ClN4O3S2/c1-5-8(2)25-16-21-20-15(26-16)19-14(23)10-6-11(17)12(18-9(3)22)7-13(10)24-4/h6-8H,5H2,1-4H3,(H,18,22)(H,19,20,23). The van der Waals surface area contributed by atoms with Gasteiger partial charge in [-0.15, -0.1) is 10.2 Å². The molecule has 0 fully saturated rings. The maximum Gasteiger partial charge on any atom is 0.261 e. The Balaban J connectivity index is 2.18. The number of anilines is 2. The molecule has 0 saturated heterocycles. The van der Waals surface area contributed by atoms with Gasteiger partial charge in [-0.1, -0.05) is 48.5 Å². The smallest absolute Gasteiger partial charge is 0.261 e. The highest BCUT2D eigenvalue weighted by Gasteiger charge is 2.18. The van der Waals surface area contributed by atoms with E-state index in [9.17, 15) is 9.59 Å². The number of methoxy groups -OCH3 is 1. The fourth-order valence-electron chi connectivity index (χ4n) is 1.91. The van der Waals surface area contributed by atoms with E-state index in [0.29, 0.717) is 16.1 Å². The molecule has 1 aromatic carbocycles. The third kappa shape index (κ3) is 5.33. The van der Waals surface area contributed by atoms with Crippen LogP contribution in [0, 0.1) is 0 Å². The SMILES string of the molecule is CCC(C)Sc1nnc(NC(=O)c2cc(Cl)c(NC(C)=O)cc2OC)s1. The molecule has 2 N–H and O–H groups in total. The molecule has 2 amide bonds. The summed E-state index contributed by atoms with van der Waals surface area (Å²) in [4.78, 5) is 23.8. The second-order valence-corrected chi connectivity index (χ2v) is 8.45. The fourth-order valence-corrected chi connectivity index (χ4v) is 4.12. The number of aromatic nitrogens is 2. The van der Waals surface area contributed by atoms with Crippen molar-refractivity contribution in [2.75, 3.05) is 17.7 Å². The van der Waals surface area contributed by atoms with E-state index in [2.05, 4.69) is 34.7 Å². The van der Waals surface area contributed by atoms with Crippen LogP contribution in [0.4, 0.5) is 10.8 Å². The van der Waals surface area contributed by atoms with Crippen molar-refractivity contribution in [1.82, 2.24) is 10.2 Å². The summed E-state index contributed by atoms with van der Waals surface area (Å²) < 4.78 is 6.04. The number of carbonyl (C=O) groups is 2. The molecule has 0 saturated carbocycles. The predicted octanol–water partition coefficient (Wildman–Crippen LogP) is 4.30. The van der Waals surface area contributed by atoms with Gasteiger partial charge in [0.05, 0.1) is 23.4 Å². The lowest BCUT2D eigenvalue weighted by Crippen LogP contribution is -2.14. The van der Waals surface area contributed by atoms with E-state index >= 15 is 0 Å². The number of nitrogens with one attached hydrogen (secondary N) is 2. The van der Waals surface area contributed by atoms with Crippen LogP contribution in [0.25, 0.3) is 0 Å². The minimum absolute atomic E-state index is 0.233. The first-order chi connectivity index (χ1) is 12.3. The largest absolute Gasteiger partial charge is 0.496 e. The van der Waals surface area contributed by atoms with Crippen molar-refractivity contribution in [3.05, 3.63) is 22.7 Å². The van der Waals surface area contributed by atoms with Crippen LogP contribution >= 0.6 is 34.7 Å². The average Bonchev–Trinajstić information content (AvgIpc) is 3.02. The van der Waals surface area contributed by atoms with E-state index < -0.39 is 5.91 Å². The van der Waals surface area contributed by atoms with E-state index in [-0.39, 0.29) is 22.2 Å². The number of thioether (sulfide) groups is 1. The highest BCUT2D eigenvalue weighted by Crippen LogP contribution is 2.33. The highest BCUT2D eigenvalue weighted by molar-refractivity contribution is 8.01. The normalized spacial score (nSPS) is 11.7. The van der Waals surface area contributed by atoms with Crippen molar-refractivity contribution in [2.45, 2.75) is 36.8 Å². The molecule has 1 heterocycles. The summed E-state index contributed by atoms with van der Waals surface area (Å²) in [6.07, 6.45) is 1.02. The van der Waals surface area contributed by atoms with E-state index in [1.54, 1.807) is 11.8 Å². The number of benzene rings is 1. The Bertz CT molecular complexity index is 813. The molecule has 1 atom stereocenters. The molecule has 1 aromatic heterocycles. The monoisotopic (exact) mass is 414 g/mol. The summed E-state index contributed by atoms with van der Waals surface area (Å²) in [5.74, 6) is -0.407. The summed E-state index contributed by atoms with van der Waals surface area (Å²) in [6, 6.07) is 2.94. The van der Waals surface area contributed by atoms with Crippen LogP contribution in [-0.2, 0) is 4.79 Å². The quantitative estimate of drug-likeness (QED) is 0.518. The van der Waals surface area contributed by atoms with Gasteiger partial charge < -0.3 is 10.1 Å². The zero-order valence-corrected chi connectivity index (χ0v) is 17.1. The Morgan fingerprint density at radius 2 is 2.08 bits per heavy atom. The van der Waals surface area contributed by atoms with Gasteiger partial charge in [0.2, 0.25) is 11.0 Å². The summed E-state index contributed by atoms with van der Waals surface area (Å²) in [6.45, 7) is 5.57. The van der Waals surface area contributed by atoms with E-state index in [0.717, 1.165) is 10.8 Å². The Morgan fingerprint density at radius 1 is 1.35 bits per heavy atom. The molecule has 7 nitrogen and oxygen atoms in total. The number of amides is 2. The fraction of sp³-hybridized carbons (Fsp3) is 0.375. The molecule has 0 aliphatic heterocycles. The molecule has 0 radical (unpaired) electrons. The van der Waals surface area contributed by atoms with Crippen molar-refractivity contribution in [1.29, 1.82) is 0 Å². The number of halogens is 1. The third-order valence-corrected chi connectivity index (χ3v) is 5.85. The van der Waals surface area contributed by atoms with Gasteiger partial charge in [-0.2, -0.15) is 0 Å². The molecule has 26 heavy (non-hydrogen) atoms. The summed E-state index contributed by atoms with van der Waals surface area (Å²) in [7, 11) is 1.43. The Morgan fingerprint density at radius 3 is 2.69 bits per heavy atom. The molecule has 0 bridgehead atoms. The van der Waals surface area contributed by atoms with Crippen molar-refractivity contribution in [3.8, 4) is 5.75 Å². The molecule has 1 unspecified atom stereocenters. The van der Waals surface area contributed by atoms with Crippen LogP contribution in [0.15, 0.2) is 16.5 Å². The second kappa shape index (κ2) is 9.20. The van der Waals surface area contributed by atoms with Crippen molar-refractivity contribution >= 4 is 57.3 Å². The number of rotatable bonds is 7. The maximum absolute atomic E-state index is 12.6. The van der Waals surface area contributed by atoms with Crippen LogP contribution in [-0.4, -0.2) is 34.4 Å². The van der Waals surface area contributed by atoms with E-state index in [1.165, 1.54) is 37.5 Å². The molecule has 0 aliphatic rings. The summed E-state index contributed by atoms with van der Waals surface area (Å²) >= 11 is 9.07. The number of hydrogen-bond donors (Lipinski definition) is 2. The van der Waals surface area contributed by atoms with Gasteiger partial charge in [0.25, 0.3) is 5.91 Å². The average molecular weight is 415 g/mol. The summed E-state index contributed by atoms with van der Waals surface area (Å²) in [5.41, 5.74) is 0.605. The second-order valence-electron chi connectivity index (χ2n) is 5.38. The zero-order valence-electron chi connectivity index (χ0n) is 14.8. The maximum atomic E-state index is 12.6. The molecule has 0 aliphatic carbocycles. The van der Waals surface area contributed by atoms with Crippen LogP contribution < -0.4 is 15.4 Å². The van der Waals surface area contributed by atoms with Crippen LogP contribution in [0.3, 0.4) is 0 Å². The Labute approximate surface area is 164 Å². The first-order valence-corrected chi connectivity index (χ1v) is 9.88. The van der Waals surface area contributed by atoms with Crippen molar-refractivity contribution < 1.29 is 14.3 Å².